The van der Waals surface area contributed by atoms with E-state index in [1.807, 2.05) is 20.8 Å². The normalized spacial score (nSPS) is 14.9. The molecule has 0 aliphatic carbocycles. The highest BCUT2D eigenvalue weighted by Gasteiger charge is 2.32. The van der Waals surface area contributed by atoms with E-state index in [0.29, 0.717) is 31.6 Å². The van der Waals surface area contributed by atoms with Crippen molar-refractivity contribution in [3.8, 4) is 0 Å². The number of hydroxylamine groups is 1. The molecule has 0 saturated carbocycles. The molecule has 33 heavy (non-hydrogen) atoms. The average Bonchev–Trinajstić information content (AvgIpc) is 2.81. The van der Waals surface area contributed by atoms with E-state index >= 15 is 0 Å². The first-order chi connectivity index (χ1) is 15.7. The van der Waals surface area contributed by atoms with Gasteiger partial charge in [0.1, 0.15) is 18.3 Å². The van der Waals surface area contributed by atoms with E-state index < -0.39 is 37.1 Å². The van der Waals surface area contributed by atoms with Gasteiger partial charge in [0, 0.05) is 24.2 Å². The third-order valence-electron chi connectivity index (χ3n) is 4.98. The lowest BCUT2D eigenvalue weighted by molar-refractivity contribution is -0.154. The molecule has 0 heterocycles. The number of aryl methyl sites for hydroxylation is 1. The second-order valence-electron chi connectivity index (χ2n) is 8.03. The Morgan fingerprint density at radius 3 is 2.12 bits per heavy atom. The van der Waals surface area contributed by atoms with E-state index in [0.717, 1.165) is 18.4 Å². The molecule has 188 valence electrons. The number of hydrogen-bond acceptors (Lipinski definition) is 8. The minimum Gasteiger partial charge on any atom is -0.394 e. The second-order valence-corrected chi connectivity index (χ2v) is 8.03. The summed E-state index contributed by atoms with van der Waals surface area (Å²) in [6.45, 7) is 8.53. The van der Waals surface area contributed by atoms with Gasteiger partial charge in [0.05, 0.1) is 6.61 Å². The van der Waals surface area contributed by atoms with Gasteiger partial charge in [-0.2, -0.15) is 0 Å². The van der Waals surface area contributed by atoms with E-state index in [1.54, 1.807) is 24.0 Å². The van der Waals surface area contributed by atoms with Crippen molar-refractivity contribution in [2.75, 3.05) is 26.2 Å². The third-order valence-corrected chi connectivity index (χ3v) is 4.98. The molecule has 10 heteroatoms. The minimum atomic E-state index is -1.70. The molecule has 0 fully saturated rings. The fourth-order valence-corrected chi connectivity index (χ4v) is 3.28. The number of carbonyl (C=O) groups is 2. The molecule has 6 N–H and O–H groups in total. The van der Waals surface area contributed by atoms with Crippen molar-refractivity contribution in [1.82, 2.24) is 15.7 Å². The average molecular weight is 470 g/mol. The number of benzene rings is 1. The van der Waals surface area contributed by atoms with Crippen LogP contribution in [-0.2, 0) is 4.84 Å². The van der Waals surface area contributed by atoms with Gasteiger partial charge in [-0.15, -0.1) is 0 Å². The second kappa shape index (κ2) is 14.9. The molecule has 1 aromatic carbocycles. The van der Waals surface area contributed by atoms with Crippen LogP contribution in [0.1, 0.15) is 66.3 Å². The first-order valence-corrected chi connectivity index (χ1v) is 11.4. The number of amides is 2. The lowest BCUT2D eigenvalue weighted by atomic mass is 10.0. The molecule has 1 rings (SSSR count). The third kappa shape index (κ3) is 9.00. The topological polar surface area (TPSA) is 152 Å². The number of aliphatic hydroxyl groups excluding tert-OH is 4. The van der Waals surface area contributed by atoms with Gasteiger partial charge >= 0.3 is 0 Å². The molecule has 0 radical (unpaired) electrons. The molecular weight excluding hydrogens is 430 g/mol. The first-order valence-electron chi connectivity index (χ1n) is 11.4. The minimum absolute atomic E-state index is 0.156. The maximum atomic E-state index is 12.9. The molecule has 0 spiro atoms. The number of nitrogens with one attached hydrogen (secondary N) is 2. The highest BCUT2D eigenvalue weighted by atomic mass is 16.7. The summed E-state index contributed by atoms with van der Waals surface area (Å²) in [5, 5.41) is 41.7. The van der Waals surface area contributed by atoms with E-state index in [-0.39, 0.29) is 11.5 Å². The van der Waals surface area contributed by atoms with Crippen molar-refractivity contribution in [3.05, 3.63) is 34.9 Å². The fraction of sp³-hybridized carbons (Fsp3) is 0.652. The summed E-state index contributed by atoms with van der Waals surface area (Å²) in [5.74, 6) is -0.797. The van der Waals surface area contributed by atoms with Crippen LogP contribution in [0.25, 0.3) is 0 Å². The van der Waals surface area contributed by atoms with Crippen molar-refractivity contribution < 1.29 is 34.9 Å². The van der Waals surface area contributed by atoms with Crippen LogP contribution in [0.4, 0.5) is 0 Å². The van der Waals surface area contributed by atoms with Gasteiger partial charge in [-0.3, -0.25) is 19.7 Å². The molecule has 10 nitrogen and oxygen atoms in total. The zero-order valence-electron chi connectivity index (χ0n) is 20.0. The number of carbonyl (C=O) groups excluding carboxylic acids is 2. The number of rotatable bonds is 15. The summed E-state index contributed by atoms with van der Waals surface area (Å²) in [5.41, 5.74) is 3.55. The smallest absolute Gasteiger partial charge is 0.274 e. The maximum Gasteiger partial charge on any atom is 0.274 e. The van der Waals surface area contributed by atoms with E-state index in [4.69, 9.17) is 9.94 Å². The van der Waals surface area contributed by atoms with Crippen LogP contribution < -0.4 is 10.8 Å². The van der Waals surface area contributed by atoms with Gasteiger partial charge in [-0.25, -0.2) is 5.48 Å². The molecule has 0 saturated heterocycles. The summed E-state index contributed by atoms with van der Waals surface area (Å²) < 4.78 is 0. The Morgan fingerprint density at radius 2 is 1.58 bits per heavy atom. The molecule has 0 aliphatic rings. The lowest BCUT2D eigenvalue weighted by Crippen LogP contribution is -2.54. The number of hydrogen-bond donors (Lipinski definition) is 6. The van der Waals surface area contributed by atoms with E-state index in [2.05, 4.69) is 10.8 Å². The quantitative estimate of drug-likeness (QED) is 0.159. The van der Waals surface area contributed by atoms with Crippen LogP contribution in [-0.4, -0.2) is 87.9 Å². The molecule has 0 aliphatic heterocycles. The van der Waals surface area contributed by atoms with Crippen LogP contribution >= 0.6 is 0 Å². The zero-order valence-corrected chi connectivity index (χ0v) is 20.0. The number of nitrogens with zero attached hydrogens (tertiary/aromatic N) is 1. The Balaban J connectivity index is 2.98. The van der Waals surface area contributed by atoms with Crippen molar-refractivity contribution in [2.24, 2.45) is 0 Å². The Kier molecular flexibility index (Phi) is 13.1. The molecule has 1 aromatic rings. The Labute approximate surface area is 195 Å². The maximum absolute atomic E-state index is 12.9. The predicted octanol–water partition coefficient (Wildman–Crippen LogP) is 0.319. The van der Waals surface area contributed by atoms with Crippen molar-refractivity contribution in [3.63, 3.8) is 0 Å². The van der Waals surface area contributed by atoms with Crippen LogP contribution in [0.3, 0.4) is 0 Å². The van der Waals surface area contributed by atoms with Gasteiger partial charge in [0.15, 0.2) is 6.23 Å². The summed E-state index contributed by atoms with van der Waals surface area (Å²) in [4.78, 5) is 32.7. The van der Waals surface area contributed by atoms with Gasteiger partial charge in [-0.05, 0) is 56.5 Å². The summed E-state index contributed by atoms with van der Waals surface area (Å²) in [7, 11) is 0. The molecular formula is C23H39N3O7. The van der Waals surface area contributed by atoms with Crippen molar-refractivity contribution >= 4 is 11.8 Å². The summed E-state index contributed by atoms with van der Waals surface area (Å²) in [6, 6.07) is 4.82. The zero-order chi connectivity index (χ0) is 25.0. The summed E-state index contributed by atoms with van der Waals surface area (Å²) in [6.07, 6.45) is -3.84. The SMILES string of the molecule is CCCNC(ONC(=O)c1cc(C)cc(C(=O)N(CCC)CCC)c1)[C@H](O)[C@@H](O)[C@@H](O)CO. The molecule has 1 unspecified atom stereocenters. The van der Waals surface area contributed by atoms with Crippen LogP contribution in [0.2, 0.25) is 0 Å². The van der Waals surface area contributed by atoms with Crippen molar-refractivity contribution in [2.45, 2.75) is 71.5 Å². The van der Waals surface area contributed by atoms with Crippen molar-refractivity contribution in [1.29, 1.82) is 0 Å². The highest BCUT2D eigenvalue weighted by molar-refractivity contribution is 5.99. The fourth-order valence-electron chi connectivity index (χ4n) is 3.28. The monoisotopic (exact) mass is 469 g/mol. The van der Waals surface area contributed by atoms with E-state index in [9.17, 15) is 24.9 Å². The van der Waals surface area contributed by atoms with Gasteiger partial charge in [0.2, 0.25) is 0 Å². The van der Waals surface area contributed by atoms with Crippen LogP contribution in [0.15, 0.2) is 18.2 Å². The Bertz CT molecular complexity index is 741. The lowest BCUT2D eigenvalue weighted by Gasteiger charge is -2.29. The molecule has 2 amide bonds. The summed E-state index contributed by atoms with van der Waals surface area (Å²) >= 11 is 0. The van der Waals surface area contributed by atoms with Gasteiger partial charge in [0.25, 0.3) is 11.8 Å². The molecule has 0 bridgehead atoms. The number of aliphatic hydroxyl groups is 4. The Hall–Kier alpha value is -2.08. The van der Waals surface area contributed by atoms with Crippen LogP contribution in [0.5, 0.6) is 0 Å². The molecule has 4 atom stereocenters. The van der Waals surface area contributed by atoms with Gasteiger partial charge in [-0.1, -0.05) is 20.8 Å². The largest absolute Gasteiger partial charge is 0.394 e. The Morgan fingerprint density at radius 1 is 0.970 bits per heavy atom. The standard InChI is InChI=1S/C23H39N3O7/c1-5-8-24-22(20(30)19(29)18(28)14-27)33-25-21(31)16-11-15(4)12-17(13-16)23(32)26(9-6-2)10-7-3/h11-13,18-20,22,24,27-30H,5-10,14H2,1-4H3,(H,25,31)/t18-,19-,20+,22?/m0/s1. The predicted molar refractivity (Wildman–Crippen MR) is 123 cm³/mol. The van der Waals surface area contributed by atoms with Gasteiger partial charge < -0.3 is 25.3 Å². The first kappa shape index (κ1) is 29.0. The molecule has 0 aromatic heterocycles. The van der Waals surface area contributed by atoms with E-state index in [1.165, 1.54) is 6.07 Å². The van der Waals surface area contributed by atoms with Crippen LogP contribution in [0, 0.1) is 6.92 Å². The highest BCUT2D eigenvalue weighted by Crippen LogP contribution is 2.14.